The highest BCUT2D eigenvalue weighted by atomic mass is 29.9. The molecule has 0 heterocycles. The summed E-state index contributed by atoms with van der Waals surface area (Å²) in [6.45, 7) is 64.6. The van der Waals surface area contributed by atoms with E-state index in [-0.39, 0.29) is 41.5 Å². The van der Waals surface area contributed by atoms with Crippen molar-refractivity contribution in [2.24, 2.45) is 11.8 Å². The minimum absolute atomic E-state index is 0.0381. The van der Waals surface area contributed by atoms with E-state index < -0.39 is 73.7 Å². The fourth-order valence-electron chi connectivity index (χ4n) is 11.7. The molecule has 0 bridgehead atoms. The largest absolute Gasteiger partial charge is 0.422 e. The Morgan fingerprint density at radius 3 is 1.31 bits per heavy atom. The number of carbonyl (C=O) groups is 1. The molecular weight excluding hydrogens is 825 g/mol. The lowest BCUT2D eigenvalue weighted by molar-refractivity contribution is -0.124. The minimum atomic E-state index is -2.32. The Morgan fingerprint density at radius 1 is 0.636 bits per heavy atom. The molecule has 6 atom stereocenters. The molecule has 14 heteroatoms. The zero-order valence-electron chi connectivity index (χ0n) is 41.9. The van der Waals surface area contributed by atoms with Crippen LogP contribution in [0.3, 0.4) is 0 Å². The van der Waals surface area contributed by atoms with Crippen molar-refractivity contribution in [1.29, 1.82) is 0 Å². The molecule has 0 fully saturated rings. The van der Waals surface area contributed by atoms with Gasteiger partial charge in [-0.25, -0.2) is 0 Å². The van der Waals surface area contributed by atoms with E-state index in [9.17, 15) is 9.90 Å². The summed E-state index contributed by atoms with van der Waals surface area (Å²) in [5.41, 5.74) is 0. The highest BCUT2D eigenvalue weighted by Gasteiger charge is 2.67. The van der Waals surface area contributed by atoms with Gasteiger partial charge >= 0.3 is 0 Å². The van der Waals surface area contributed by atoms with Gasteiger partial charge in [0.1, 0.15) is 5.78 Å². The van der Waals surface area contributed by atoms with Gasteiger partial charge in [-0.15, -0.1) is 6.58 Å². The van der Waals surface area contributed by atoms with Crippen molar-refractivity contribution in [2.75, 3.05) is 0 Å². The Morgan fingerprint density at radius 2 is 1.00 bits per heavy atom. The molecule has 55 heavy (non-hydrogen) atoms. The van der Waals surface area contributed by atoms with E-state index in [1.165, 1.54) is 0 Å². The molecule has 1 N–H and O–H groups in total. The minimum Gasteiger partial charge on any atom is -0.422 e. The van der Waals surface area contributed by atoms with Gasteiger partial charge in [0, 0.05) is 18.8 Å². The van der Waals surface area contributed by atoms with E-state index in [1.54, 1.807) is 0 Å². The number of aliphatic hydroxyl groups is 1. The lowest BCUT2D eigenvalue weighted by Crippen LogP contribution is -2.86. The first-order valence-corrected chi connectivity index (χ1v) is 55.6. The molecule has 0 aromatic carbocycles. The molecule has 0 saturated carbocycles. The van der Waals surface area contributed by atoms with Crippen LogP contribution in [0.15, 0.2) is 12.7 Å². The van der Waals surface area contributed by atoms with Gasteiger partial charge < -0.3 is 18.4 Å². The number of hydrogen-bond acceptors (Lipinski definition) is 5. The maximum Gasteiger partial charge on any atom is 0.192 e. The van der Waals surface area contributed by atoms with Gasteiger partial charge in [-0.2, -0.15) is 0 Å². The van der Waals surface area contributed by atoms with E-state index >= 15 is 0 Å². The van der Waals surface area contributed by atoms with Crippen molar-refractivity contribution in [3.05, 3.63) is 12.7 Å². The zero-order chi connectivity index (χ0) is 44.4. The maximum absolute atomic E-state index is 14.6. The Bertz CT molecular complexity index is 1150. The molecule has 0 aromatic rings. The second-order valence-electron chi connectivity index (χ2n) is 25.2. The van der Waals surface area contributed by atoms with Gasteiger partial charge in [0.05, 0.1) is 70.0 Å². The molecule has 0 saturated heterocycles. The summed E-state index contributed by atoms with van der Waals surface area (Å²) in [6.07, 6.45) is 3.43. The molecule has 0 spiro atoms. The van der Waals surface area contributed by atoms with Crippen LogP contribution in [0.2, 0.25) is 136 Å². The Labute approximate surface area is 352 Å². The molecule has 0 aliphatic heterocycles. The molecule has 328 valence electrons. The molecule has 0 rings (SSSR count). The van der Waals surface area contributed by atoms with Gasteiger partial charge in [-0.3, -0.25) is 4.79 Å². The molecule has 0 aliphatic rings. The van der Waals surface area contributed by atoms with Crippen LogP contribution in [0.4, 0.5) is 0 Å². The molecule has 0 aromatic heterocycles. The molecule has 0 unspecified atom stereocenters. The molecule has 0 radical (unpaired) electrons. The highest BCUT2D eigenvalue weighted by molar-refractivity contribution is 7.88. The summed E-state index contributed by atoms with van der Waals surface area (Å²) in [5, 5.41) is 11.7. The number of aliphatic hydroxyl groups excluding tert-OH is 1. The Hall–Kier alpha value is 1.20. The third-order valence-corrected chi connectivity index (χ3v) is 153. The fourth-order valence-corrected chi connectivity index (χ4v) is 201. The standard InChI is InChI=1S/C41H98O5Si9/c1-28-30-38(44-53(26,27)41(5,6)7)32-36(42)31-37(43)33-39(45-54(47(8,9)10,48(11,12)13)49(14,15)16)35(4)40(34(3)29-2)46-55(50(17,18)19,51(20,21)22)52(23,24)25/h28,34-36,38-40,42H,1,29-33H2,2-27H3/t34-,35-,36+,38+,39+,40+/m0/s1. The third-order valence-electron chi connectivity index (χ3n) is 13.4. The second-order valence-corrected chi connectivity index (χ2v) is 109. The smallest absolute Gasteiger partial charge is 0.192 e. The van der Waals surface area contributed by atoms with Crippen LogP contribution in [0, 0.1) is 11.8 Å². The van der Waals surface area contributed by atoms with Crippen molar-refractivity contribution < 1.29 is 23.2 Å². The number of Topliss-reactive ketones (excluding diaryl/α,β-unsaturated/α-hetero) is 1. The lowest BCUT2D eigenvalue weighted by atomic mass is 9.85. The van der Waals surface area contributed by atoms with Crippen molar-refractivity contribution in [2.45, 2.75) is 234 Å². The first kappa shape index (κ1) is 56.2. The molecule has 0 aliphatic carbocycles. The predicted molar refractivity (Wildman–Crippen MR) is 272 cm³/mol. The van der Waals surface area contributed by atoms with Crippen molar-refractivity contribution >= 4 is 73.4 Å². The van der Waals surface area contributed by atoms with Crippen LogP contribution in [-0.4, -0.2) is 103 Å². The van der Waals surface area contributed by atoms with Crippen molar-refractivity contribution in [1.82, 2.24) is 0 Å². The van der Waals surface area contributed by atoms with Crippen LogP contribution in [-0.2, 0) is 18.1 Å². The molecule has 5 nitrogen and oxygen atoms in total. The van der Waals surface area contributed by atoms with Crippen LogP contribution >= 0.6 is 0 Å². The van der Waals surface area contributed by atoms with Crippen LogP contribution in [0.1, 0.15) is 73.6 Å². The summed E-state index contributed by atoms with van der Waals surface area (Å²) >= 11 is 0. The Kier molecular flexibility index (Phi) is 19.9. The van der Waals surface area contributed by atoms with E-state index in [1.807, 2.05) is 6.08 Å². The predicted octanol–water partition coefficient (Wildman–Crippen LogP) is 12.9. The van der Waals surface area contributed by atoms with Gasteiger partial charge in [0.15, 0.2) is 22.1 Å². The number of rotatable bonds is 24. The van der Waals surface area contributed by atoms with Gasteiger partial charge in [0.25, 0.3) is 0 Å². The number of hydrogen-bond donors (Lipinski definition) is 1. The maximum atomic E-state index is 14.6. The summed E-state index contributed by atoms with van der Waals surface area (Å²) in [7, 11) is -12.8. The van der Waals surface area contributed by atoms with Gasteiger partial charge in [-0.05, 0) is 36.9 Å². The summed E-state index contributed by atoms with van der Waals surface area (Å²) in [6, 6.07) is 0. The second kappa shape index (κ2) is 19.5. The van der Waals surface area contributed by atoms with E-state index in [0.717, 1.165) is 6.42 Å². The SMILES string of the molecule is C=CC[C@H](C[C@H](O)CC(=O)C[C@@H](O[Si]([Si](C)(C)C)([Si](C)(C)C)[Si](C)(C)C)[C@H](C)[C@H](O[Si]([Si](C)(C)C)([Si](C)(C)C)[Si](C)(C)C)[C@@H](C)CC)O[Si](C)(C)C(C)(C)C. The van der Waals surface area contributed by atoms with Crippen LogP contribution < -0.4 is 0 Å². The summed E-state index contributed by atoms with van der Waals surface area (Å²) < 4.78 is 23.2. The first-order valence-electron chi connectivity index (χ1n) is 21.9. The van der Waals surface area contributed by atoms with E-state index in [4.69, 9.17) is 13.3 Å². The average molecular weight is 924 g/mol. The molecule has 0 amide bonds. The van der Waals surface area contributed by atoms with E-state index in [2.05, 4.69) is 179 Å². The third kappa shape index (κ3) is 13.3. The monoisotopic (exact) mass is 923 g/mol. The van der Waals surface area contributed by atoms with Crippen LogP contribution in [0.5, 0.6) is 0 Å². The molecular formula is C41H98O5Si9. The Balaban J connectivity index is 7.57. The lowest BCUT2D eigenvalue weighted by Gasteiger charge is -2.60. The van der Waals surface area contributed by atoms with Gasteiger partial charge in [0.2, 0.25) is 0 Å². The highest BCUT2D eigenvalue weighted by Crippen LogP contribution is 2.45. The normalized spacial score (nSPS) is 18.4. The summed E-state index contributed by atoms with van der Waals surface area (Å²) in [5.74, 6) is 0.538. The summed E-state index contributed by atoms with van der Waals surface area (Å²) in [4.78, 5) is 14.6. The zero-order valence-corrected chi connectivity index (χ0v) is 50.9. The van der Waals surface area contributed by atoms with Crippen LogP contribution in [0.25, 0.3) is 0 Å². The fraction of sp³-hybridized carbons (Fsp3) is 0.927. The number of carbonyl (C=O) groups excluding carboxylic acids is 1. The number of ketones is 1. The first-order chi connectivity index (χ1) is 24.0. The van der Waals surface area contributed by atoms with Crippen molar-refractivity contribution in [3.8, 4) is 0 Å². The topological polar surface area (TPSA) is 65.0 Å². The average Bonchev–Trinajstić information content (AvgIpc) is 2.89. The quantitative estimate of drug-likeness (QED) is 0.0772. The van der Waals surface area contributed by atoms with E-state index in [0.29, 0.717) is 25.2 Å². The van der Waals surface area contributed by atoms with Gasteiger partial charge in [-0.1, -0.05) is 172 Å². The van der Waals surface area contributed by atoms with Crippen molar-refractivity contribution in [3.63, 3.8) is 0 Å².